The van der Waals surface area contributed by atoms with E-state index in [2.05, 4.69) is 10.4 Å². The lowest BCUT2D eigenvalue weighted by Gasteiger charge is -2.19. The molecular weight excluding hydrogens is 311 g/mol. The zero-order chi connectivity index (χ0) is 15.4. The second kappa shape index (κ2) is 6.83. The van der Waals surface area contributed by atoms with Crippen LogP contribution >= 0.6 is 23.2 Å². The third kappa shape index (κ3) is 3.89. The van der Waals surface area contributed by atoms with Crippen LogP contribution in [0.1, 0.15) is 12.6 Å². The van der Waals surface area contributed by atoms with Crippen LogP contribution in [0.25, 0.3) is 0 Å². The molecule has 112 valence electrons. The van der Waals surface area contributed by atoms with Crippen LogP contribution in [0.2, 0.25) is 10.0 Å². The molecule has 0 aliphatic carbocycles. The van der Waals surface area contributed by atoms with Gasteiger partial charge in [-0.15, -0.1) is 0 Å². The summed E-state index contributed by atoms with van der Waals surface area (Å²) in [5.74, 6) is 0. The molecule has 2 rings (SSSR count). The van der Waals surface area contributed by atoms with Crippen LogP contribution in [0.4, 0.5) is 10.5 Å². The van der Waals surface area contributed by atoms with Gasteiger partial charge in [0.2, 0.25) is 0 Å². The quantitative estimate of drug-likeness (QED) is 0.927. The van der Waals surface area contributed by atoms with E-state index >= 15 is 0 Å². The number of carbonyl (C=O) groups is 1. The lowest BCUT2D eigenvalue weighted by atomic mass is 10.3. The predicted octanol–water partition coefficient (Wildman–Crippen LogP) is 3.87. The Labute approximate surface area is 133 Å². The molecule has 0 aliphatic rings. The van der Waals surface area contributed by atoms with Gasteiger partial charge in [-0.1, -0.05) is 29.3 Å². The van der Waals surface area contributed by atoms with Crippen molar-refractivity contribution in [1.82, 2.24) is 14.7 Å². The molecule has 1 aromatic heterocycles. The van der Waals surface area contributed by atoms with Gasteiger partial charge in [0.25, 0.3) is 0 Å². The highest BCUT2D eigenvalue weighted by Gasteiger charge is 2.15. The van der Waals surface area contributed by atoms with E-state index in [1.165, 1.54) is 4.90 Å². The third-order valence-electron chi connectivity index (χ3n) is 3.01. The maximum absolute atomic E-state index is 12.2. The summed E-state index contributed by atoms with van der Waals surface area (Å²) < 4.78 is 1.77. The zero-order valence-electron chi connectivity index (χ0n) is 11.8. The van der Waals surface area contributed by atoms with E-state index in [0.29, 0.717) is 28.8 Å². The van der Waals surface area contributed by atoms with E-state index in [4.69, 9.17) is 23.2 Å². The maximum atomic E-state index is 12.2. The Kier molecular flexibility index (Phi) is 5.09. The average molecular weight is 327 g/mol. The van der Waals surface area contributed by atoms with Crippen molar-refractivity contribution >= 4 is 34.9 Å². The molecule has 1 heterocycles. The van der Waals surface area contributed by atoms with Gasteiger partial charge in [0.1, 0.15) is 0 Å². The SMILES string of the molecule is CCn1ncc(Cl)c1CN(C)C(=O)Nc1cccc(Cl)c1. The van der Waals surface area contributed by atoms with Gasteiger partial charge in [0, 0.05) is 24.3 Å². The van der Waals surface area contributed by atoms with Crippen LogP contribution in [0, 0.1) is 0 Å². The number of aryl methyl sites for hydroxylation is 1. The fourth-order valence-corrected chi connectivity index (χ4v) is 2.29. The van der Waals surface area contributed by atoms with Gasteiger partial charge in [-0.3, -0.25) is 4.68 Å². The summed E-state index contributed by atoms with van der Waals surface area (Å²) >= 11 is 12.0. The minimum Gasteiger partial charge on any atom is -0.322 e. The summed E-state index contributed by atoms with van der Waals surface area (Å²) in [5.41, 5.74) is 1.46. The fraction of sp³-hybridized carbons (Fsp3) is 0.286. The molecule has 0 saturated carbocycles. The number of amides is 2. The lowest BCUT2D eigenvalue weighted by molar-refractivity contribution is 0.219. The Bertz CT molecular complexity index is 642. The molecule has 5 nitrogen and oxygen atoms in total. The molecule has 0 spiro atoms. The summed E-state index contributed by atoms with van der Waals surface area (Å²) in [6, 6.07) is 6.76. The first-order valence-electron chi connectivity index (χ1n) is 6.49. The highest BCUT2D eigenvalue weighted by Crippen LogP contribution is 2.18. The molecule has 1 aromatic carbocycles. The molecule has 0 bridgehead atoms. The van der Waals surface area contributed by atoms with E-state index in [9.17, 15) is 4.79 Å². The molecule has 2 aromatic rings. The number of anilines is 1. The van der Waals surface area contributed by atoms with Crippen molar-refractivity contribution in [2.45, 2.75) is 20.0 Å². The molecule has 21 heavy (non-hydrogen) atoms. The molecule has 0 fully saturated rings. The van der Waals surface area contributed by atoms with E-state index in [-0.39, 0.29) is 6.03 Å². The number of carbonyl (C=O) groups excluding carboxylic acids is 1. The van der Waals surface area contributed by atoms with Crippen molar-refractivity contribution in [2.24, 2.45) is 0 Å². The van der Waals surface area contributed by atoms with Gasteiger partial charge in [-0.25, -0.2) is 4.79 Å². The number of halogens is 2. The van der Waals surface area contributed by atoms with E-state index in [1.807, 2.05) is 6.92 Å². The maximum Gasteiger partial charge on any atom is 0.321 e. The highest BCUT2D eigenvalue weighted by molar-refractivity contribution is 6.31. The van der Waals surface area contributed by atoms with Crippen LogP contribution in [0.5, 0.6) is 0 Å². The normalized spacial score (nSPS) is 10.5. The smallest absolute Gasteiger partial charge is 0.321 e. The van der Waals surface area contributed by atoms with Gasteiger partial charge < -0.3 is 10.2 Å². The van der Waals surface area contributed by atoms with Crippen molar-refractivity contribution in [3.63, 3.8) is 0 Å². The highest BCUT2D eigenvalue weighted by atomic mass is 35.5. The summed E-state index contributed by atoms with van der Waals surface area (Å²) in [4.78, 5) is 13.7. The number of rotatable bonds is 4. The first kappa shape index (κ1) is 15.7. The van der Waals surface area contributed by atoms with Crippen molar-refractivity contribution in [3.05, 3.63) is 46.2 Å². The number of aromatic nitrogens is 2. The number of benzene rings is 1. The number of hydrogen-bond acceptors (Lipinski definition) is 2. The second-order valence-electron chi connectivity index (χ2n) is 4.55. The van der Waals surface area contributed by atoms with Gasteiger partial charge >= 0.3 is 6.03 Å². The number of hydrogen-bond donors (Lipinski definition) is 1. The summed E-state index contributed by atoms with van der Waals surface area (Å²) in [6.45, 7) is 3.05. The van der Waals surface area contributed by atoms with Crippen LogP contribution < -0.4 is 5.32 Å². The van der Waals surface area contributed by atoms with Crippen molar-refractivity contribution in [3.8, 4) is 0 Å². The molecule has 2 amide bonds. The van der Waals surface area contributed by atoms with Crippen LogP contribution in [-0.4, -0.2) is 27.8 Å². The zero-order valence-corrected chi connectivity index (χ0v) is 13.3. The molecule has 0 radical (unpaired) electrons. The molecule has 0 saturated heterocycles. The predicted molar refractivity (Wildman–Crippen MR) is 84.8 cm³/mol. The summed E-state index contributed by atoms with van der Waals surface area (Å²) in [5, 5.41) is 8.06. The Balaban J connectivity index is 2.04. The Hall–Kier alpha value is -1.72. The topological polar surface area (TPSA) is 50.2 Å². The lowest BCUT2D eigenvalue weighted by Crippen LogP contribution is -2.31. The number of nitrogens with one attached hydrogen (secondary N) is 1. The van der Waals surface area contributed by atoms with E-state index in [1.54, 1.807) is 42.2 Å². The average Bonchev–Trinajstić information content (AvgIpc) is 2.79. The summed E-state index contributed by atoms with van der Waals surface area (Å²) in [6.07, 6.45) is 1.59. The molecular formula is C14H16Cl2N4O. The Morgan fingerprint density at radius 3 is 2.86 bits per heavy atom. The van der Waals surface area contributed by atoms with Crippen LogP contribution in [-0.2, 0) is 13.1 Å². The van der Waals surface area contributed by atoms with Crippen molar-refractivity contribution < 1.29 is 4.79 Å². The number of nitrogens with zero attached hydrogens (tertiary/aromatic N) is 3. The van der Waals surface area contributed by atoms with Gasteiger partial charge in [0.05, 0.1) is 23.5 Å². The van der Waals surface area contributed by atoms with E-state index < -0.39 is 0 Å². The monoisotopic (exact) mass is 326 g/mol. The third-order valence-corrected chi connectivity index (χ3v) is 3.56. The largest absolute Gasteiger partial charge is 0.322 e. The second-order valence-corrected chi connectivity index (χ2v) is 5.40. The molecule has 7 heteroatoms. The summed E-state index contributed by atoms with van der Waals surface area (Å²) in [7, 11) is 1.70. The number of urea groups is 1. The fourth-order valence-electron chi connectivity index (χ4n) is 1.90. The standard InChI is InChI=1S/C14H16Cl2N4O/c1-3-20-13(12(16)8-17-20)9-19(2)14(21)18-11-6-4-5-10(15)7-11/h4-8H,3,9H2,1-2H3,(H,18,21). The van der Waals surface area contributed by atoms with Crippen LogP contribution in [0.3, 0.4) is 0 Å². The minimum atomic E-state index is -0.239. The van der Waals surface area contributed by atoms with Crippen molar-refractivity contribution in [2.75, 3.05) is 12.4 Å². The molecule has 0 atom stereocenters. The Morgan fingerprint density at radius 2 is 2.19 bits per heavy atom. The molecule has 0 aliphatic heterocycles. The minimum absolute atomic E-state index is 0.239. The first-order chi connectivity index (χ1) is 10.0. The van der Waals surface area contributed by atoms with E-state index in [0.717, 1.165) is 5.69 Å². The Morgan fingerprint density at radius 1 is 1.43 bits per heavy atom. The first-order valence-corrected chi connectivity index (χ1v) is 7.24. The van der Waals surface area contributed by atoms with Gasteiger partial charge in [0.15, 0.2) is 0 Å². The van der Waals surface area contributed by atoms with Crippen LogP contribution in [0.15, 0.2) is 30.5 Å². The van der Waals surface area contributed by atoms with Gasteiger partial charge in [-0.05, 0) is 25.1 Å². The van der Waals surface area contributed by atoms with Crippen molar-refractivity contribution in [1.29, 1.82) is 0 Å². The molecule has 1 N–H and O–H groups in total. The molecule has 0 unspecified atom stereocenters. The van der Waals surface area contributed by atoms with Gasteiger partial charge in [-0.2, -0.15) is 5.10 Å².